The number of halogens is 1. The summed E-state index contributed by atoms with van der Waals surface area (Å²) in [5.74, 6) is -0.646. The van der Waals surface area contributed by atoms with Crippen LogP contribution in [-0.2, 0) is 4.79 Å². The third-order valence-corrected chi connectivity index (χ3v) is 3.89. The molecule has 0 radical (unpaired) electrons. The molecule has 0 saturated heterocycles. The maximum atomic E-state index is 10.6. The molecule has 5 heteroatoms. The molecular weight excluding hydrogens is 290 g/mol. The molecule has 0 amide bonds. The van der Waals surface area contributed by atoms with Gasteiger partial charge in [0.15, 0.2) is 0 Å². The largest absolute Gasteiger partial charge is 0.481 e. The summed E-state index contributed by atoms with van der Waals surface area (Å²) in [7, 11) is 0. The third kappa shape index (κ3) is 3.54. The fourth-order valence-electron chi connectivity index (χ4n) is 0.969. The minimum Gasteiger partial charge on any atom is -0.481 e. The van der Waals surface area contributed by atoms with Gasteiger partial charge in [-0.2, -0.15) is 5.26 Å². The van der Waals surface area contributed by atoms with Gasteiger partial charge in [-0.3, -0.25) is 4.79 Å². The van der Waals surface area contributed by atoms with Gasteiger partial charge in [0.05, 0.1) is 11.5 Å². The van der Waals surface area contributed by atoms with Crippen molar-refractivity contribution in [3.63, 3.8) is 0 Å². The predicted molar refractivity (Wildman–Crippen MR) is 66.4 cm³/mol. The molecule has 0 aliphatic rings. The summed E-state index contributed by atoms with van der Waals surface area (Å²) in [6, 6.07) is 7.43. The van der Waals surface area contributed by atoms with E-state index in [1.165, 1.54) is 11.8 Å². The van der Waals surface area contributed by atoms with Crippen molar-refractivity contribution in [2.75, 3.05) is 5.75 Å². The van der Waals surface area contributed by atoms with Crippen molar-refractivity contribution in [2.45, 2.75) is 11.8 Å². The van der Waals surface area contributed by atoms with Crippen LogP contribution in [0.1, 0.15) is 12.5 Å². The zero-order valence-corrected chi connectivity index (χ0v) is 11.0. The summed E-state index contributed by atoms with van der Waals surface area (Å²) in [5, 5.41) is 17.5. The minimum absolute atomic E-state index is 0.376. The second kappa shape index (κ2) is 5.92. The first-order valence-corrected chi connectivity index (χ1v) is 6.37. The molecule has 1 aromatic rings. The molecule has 0 aliphatic carbocycles. The van der Waals surface area contributed by atoms with E-state index >= 15 is 0 Å². The lowest BCUT2D eigenvalue weighted by Gasteiger charge is -2.06. The molecule has 1 rings (SSSR count). The summed E-state index contributed by atoms with van der Waals surface area (Å²) in [6.45, 7) is 1.67. The standard InChI is InChI=1S/C11H10BrNO2S/c1-7(11(14)15)6-16-9-3-2-8(5-13)10(12)4-9/h2-4,7H,6H2,1H3,(H,14,15). The number of carboxylic acid groups (broad SMARTS) is 1. The van der Waals surface area contributed by atoms with Crippen LogP contribution in [0.15, 0.2) is 27.6 Å². The second-order valence-electron chi connectivity index (χ2n) is 3.30. The van der Waals surface area contributed by atoms with Crippen molar-refractivity contribution in [3.05, 3.63) is 28.2 Å². The van der Waals surface area contributed by atoms with Gasteiger partial charge in [0.25, 0.3) is 0 Å². The Morgan fingerprint density at radius 1 is 1.69 bits per heavy atom. The highest BCUT2D eigenvalue weighted by Gasteiger charge is 2.11. The molecule has 0 bridgehead atoms. The zero-order valence-electron chi connectivity index (χ0n) is 8.61. The molecule has 0 heterocycles. The Bertz CT molecular complexity index is 442. The van der Waals surface area contributed by atoms with Crippen molar-refractivity contribution in [1.82, 2.24) is 0 Å². The van der Waals surface area contributed by atoms with Crippen LogP contribution >= 0.6 is 27.7 Å². The van der Waals surface area contributed by atoms with Crippen LogP contribution in [0, 0.1) is 17.2 Å². The zero-order chi connectivity index (χ0) is 12.1. The van der Waals surface area contributed by atoms with Crippen LogP contribution in [0.5, 0.6) is 0 Å². The lowest BCUT2D eigenvalue weighted by Crippen LogP contribution is -2.11. The van der Waals surface area contributed by atoms with Crippen LogP contribution < -0.4 is 0 Å². The normalized spacial score (nSPS) is 11.8. The molecule has 1 aromatic carbocycles. The van der Waals surface area contributed by atoms with Gasteiger partial charge in [-0.1, -0.05) is 6.92 Å². The number of hydrogen-bond donors (Lipinski definition) is 1. The van der Waals surface area contributed by atoms with Crippen LogP contribution in [0.4, 0.5) is 0 Å². The Morgan fingerprint density at radius 2 is 2.38 bits per heavy atom. The summed E-state index contributed by atoms with van der Waals surface area (Å²) in [5.41, 5.74) is 0.579. The Morgan fingerprint density at radius 3 is 2.88 bits per heavy atom. The molecule has 0 aliphatic heterocycles. The highest BCUT2D eigenvalue weighted by Crippen LogP contribution is 2.26. The number of aliphatic carboxylic acids is 1. The van der Waals surface area contributed by atoms with Gasteiger partial charge in [-0.05, 0) is 34.1 Å². The average Bonchev–Trinajstić information content (AvgIpc) is 2.25. The van der Waals surface area contributed by atoms with Crippen molar-refractivity contribution in [1.29, 1.82) is 5.26 Å². The third-order valence-electron chi connectivity index (χ3n) is 1.98. The summed E-state index contributed by atoms with van der Waals surface area (Å²) in [4.78, 5) is 11.6. The predicted octanol–water partition coefficient (Wildman–Crippen LogP) is 3.13. The molecule has 0 aromatic heterocycles. The van der Waals surface area contributed by atoms with Gasteiger partial charge in [0.1, 0.15) is 6.07 Å². The number of benzene rings is 1. The van der Waals surface area contributed by atoms with E-state index in [0.29, 0.717) is 11.3 Å². The summed E-state index contributed by atoms with van der Waals surface area (Å²) < 4.78 is 0.739. The monoisotopic (exact) mass is 299 g/mol. The minimum atomic E-state index is -0.791. The molecule has 0 fully saturated rings. The van der Waals surface area contributed by atoms with Crippen molar-refractivity contribution in [2.24, 2.45) is 5.92 Å². The Hall–Kier alpha value is -0.990. The quantitative estimate of drug-likeness (QED) is 0.868. The van der Waals surface area contributed by atoms with Crippen LogP contribution in [0.2, 0.25) is 0 Å². The average molecular weight is 300 g/mol. The van der Waals surface area contributed by atoms with Gasteiger partial charge in [0, 0.05) is 15.1 Å². The summed E-state index contributed by atoms with van der Waals surface area (Å²) in [6.07, 6.45) is 0. The van der Waals surface area contributed by atoms with E-state index in [9.17, 15) is 4.79 Å². The topological polar surface area (TPSA) is 61.1 Å². The number of nitriles is 1. The van der Waals surface area contributed by atoms with Gasteiger partial charge >= 0.3 is 5.97 Å². The highest BCUT2D eigenvalue weighted by molar-refractivity contribution is 9.10. The van der Waals surface area contributed by atoms with Crippen LogP contribution in [0.3, 0.4) is 0 Å². The molecule has 0 saturated carbocycles. The maximum Gasteiger partial charge on any atom is 0.307 e. The van der Waals surface area contributed by atoms with Crippen molar-refractivity contribution in [3.8, 4) is 6.07 Å². The molecule has 3 nitrogen and oxygen atoms in total. The molecule has 1 atom stereocenters. The van der Waals surface area contributed by atoms with E-state index in [2.05, 4.69) is 22.0 Å². The van der Waals surface area contributed by atoms with Crippen LogP contribution in [0.25, 0.3) is 0 Å². The van der Waals surface area contributed by atoms with Gasteiger partial charge in [-0.15, -0.1) is 11.8 Å². The van der Waals surface area contributed by atoms with Crippen molar-refractivity contribution >= 4 is 33.7 Å². The summed E-state index contributed by atoms with van der Waals surface area (Å²) >= 11 is 4.76. The number of rotatable bonds is 4. The molecule has 1 N–H and O–H groups in total. The SMILES string of the molecule is CC(CSc1ccc(C#N)c(Br)c1)C(=O)O. The second-order valence-corrected chi connectivity index (χ2v) is 5.25. The highest BCUT2D eigenvalue weighted by atomic mass is 79.9. The maximum absolute atomic E-state index is 10.6. The first kappa shape index (κ1) is 13.1. The molecule has 84 valence electrons. The van der Waals surface area contributed by atoms with E-state index in [-0.39, 0.29) is 5.92 Å². The van der Waals surface area contributed by atoms with E-state index in [1.54, 1.807) is 13.0 Å². The molecular formula is C11H10BrNO2S. The fourth-order valence-corrected chi connectivity index (χ4v) is 2.54. The van der Waals surface area contributed by atoms with E-state index in [1.807, 2.05) is 12.1 Å². The smallest absolute Gasteiger partial charge is 0.307 e. The lowest BCUT2D eigenvalue weighted by molar-refractivity contribution is -0.140. The Labute approximate surface area is 107 Å². The van der Waals surface area contributed by atoms with Crippen molar-refractivity contribution < 1.29 is 9.90 Å². The van der Waals surface area contributed by atoms with E-state index in [0.717, 1.165) is 9.37 Å². The van der Waals surface area contributed by atoms with Crippen LogP contribution in [-0.4, -0.2) is 16.8 Å². The van der Waals surface area contributed by atoms with Gasteiger partial charge in [-0.25, -0.2) is 0 Å². The van der Waals surface area contributed by atoms with E-state index < -0.39 is 5.97 Å². The molecule has 1 unspecified atom stereocenters. The first-order valence-electron chi connectivity index (χ1n) is 4.60. The van der Waals surface area contributed by atoms with Gasteiger partial charge < -0.3 is 5.11 Å². The number of hydrogen-bond acceptors (Lipinski definition) is 3. The number of nitrogens with zero attached hydrogens (tertiary/aromatic N) is 1. The van der Waals surface area contributed by atoms with Gasteiger partial charge in [0.2, 0.25) is 0 Å². The number of thioether (sulfide) groups is 1. The lowest BCUT2D eigenvalue weighted by atomic mass is 10.2. The molecule has 16 heavy (non-hydrogen) atoms. The Balaban J connectivity index is 2.66. The first-order chi connectivity index (χ1) is 7.54. The number of carbonyl (C=O) groups is 1. The Kier molecular flexibility index (Phi) is 4.84. The molecule has 0 spiro atoms. The van der Waals surface area contributed by atoms with E-state index in [4.69, 9.17) is 10.4 Å². The number of carboxylic acids is 1. The fraction of sp³-hybridized carbons (Fsp3) is 0.273.